The first kappa shape index (κ1) is 29.3. The minimum Gasteiger partial charge on any atom is -0.462 e. The number of aromatic nitrogens is 4. The second kappa shape index (κ2) is 11.6. The lowest BCUT2D eigenvalue weighted by Crippen LogP contribution is -2.57. The number of alkyl halides is 1. The van der Waals surface area contributed by atoms with E-state index in [-0.39, 0.29) is 36.1 Å². The van der Waals surface area contributed by atoms with Crippen molar-refractivity contribution in [2.24, 2.45) is 0 Å². The molecule has 1 aliphatic carbocycles. The second-order valence-corrected chi connectivity index (χ2v) is 11.7. The largest absolute Gasteiger partial charge is 0.462 e. The molecular weight excluding hydrogens is 562 g/mol. The van der Waals surface area contributed by atoms with Gasteiger partial charge in [-0.05, 0) is 38.3 Å². The lowest BCUT2D eigenvalue weighted by atomic mass is 9.78. The molecule has 2 aromatic heterocycles. The molecule has 1 aliphatic heterocycles. The van der Waals surface area contributed by atoms with Crippen molar-refractivity contribution in [2.75, 3.05) is 32.7 Å². The number of esters is 1. The van der Waals surface area contributed by atoms with Gasteiger partial charge in [-0.2, -0.15) is 10.2 Å². The van der Waals surface area contributed by atoms with Gasteiger partial charge in [0.2, 0.25) is 0 Å². The highest BCUT2D eigenvalue weighted by Crippen LogP contribution is 2.52. The molecule has 1 saturated heterocycles. The van der Waals surface area contributed by atoms with Crippen LogP contribution >= 0.6 is 7.75 Å². The molecule has 0 amide bonds. The number of benzene rings is 1. The summed E-state index contributed by atoms with van der Waals surface area (Å²) in [5.74, 6) is -0.334. The average Bonchev–Trinajstić information content (AvgIpc) is 3.45. The van der Waals surface area contributed by atoms with Crippen LogP contribution in [0.3, 0.4) is 0 Å². The molecule has 16 heteroatoms. The maximum absolute atomic E-state index is 15.9. The predicted molar refractivity (Wildman–Crippen MR) is 142 cm³/mol. The summed E-state index contributed by atoms with van der Waals surface area (Å²) in [5, 5.41) is 17.7. The van der Waals surface area contributed by atoms with Gasteiger partial charge in [-0.3, -0.25) is 9.32 Å². The molecule has 2 fully saturated rings. The summed E-state index contributed by atoms with van der Waals surface area (Å²) in [6, 6.07) is 8.22. The summed E-state index contributed by atoms with van der Waals surface area (Å²) in [7, 11) is -2.84. The minimum absolute atomic E-state index is 0.0158. The molecule has 2 aliphatic rings. The number of nitrogens with zero attached hydrogens (tertiary/aromatic N) is 4. The highest BCUT2D eigenvalue weighted by Gasteiger charge is 2.57. The normalized spacial score (nSPS) is 26.8. The van der Waals surface area contributed by atoms with E-state index in [4.69, 9.17) is 29.0 Å². The summed E-state index contributed by atoms with van der Waals surface area (Å²) >= 11 is 0. The van der Waals surface area contributed by atoms with Gasteiger partial charge in [-0.1, -0.05) is 18.2 Å². The van der Waals surface area contributed by atoms with Crippen molar-refractivity contribution in [1.29, 1.82) is 0 Å². The van der Waals surface area contributed by atoms with E-state index in [0.717, 1.165) is 0 Å². The van der Waals surface area contributed by atoms with E-state index in [1.54, 1.807) is 30.3 Å². The van der Waals surface area contributed by atoms with Gasteiger partial charge in [0, 0.05) is 7.11 Å². The molecule has 1 aromatic carbocycles. The smallest absolute Gasteiger partial charge is 0.459 e. The van der Waals surface area contributed by atoms with Crippen LogP contribution in [0.25, 0.3) is 5.65 Å². The third-order valence-corrected chi connectivity index (χ3v) is 8.87. The Morgan fingerprint density at radius 3 is 2.73 bits per heavy atom. The molecule has 3 aromatic rings. The number of carbonyl (C=O) groups is 1. The average molecular weight is 595 g/mol. The van der Waals surface area contributed by atoms with Crippen LogP contribution in [0.5, 0.6) is 5.75 Å². The Morgan fingerprint density at radius 2 is 2.05 bits per heavy atom. The van der Waals surface area contributed by atoms with E-state index in [9.17, 15) is 14.5 Å². The zero-order valence-electron chi connectivity index (χ0n) is 22.5. The number of nitrogens with one attached hydrogen (secondary N) is 1. The molecule has 0 bridgehead atoms. The highest BCUT2D eigenvalue weighted by molar-refractivity contribution is 7.52. The first-order chi connectivity index (χ1) is 19.6. The predicted octanol–water partition coefficient (Wildman–Crippen LogP) is 2.14. The van der Waals surface area contributed by atoms with Gasteiger partial charge in [0.05, 0.1) is 25.1 Å². The maximum atomic E-state index is 15.9. The van der Waals surface area contributed by atoms with Crippen LogP contribution in [0.1, 0.15) is 38.0 Å². The van der Waals surface area contributed by atoms with E-state index in [1.165, 1.54) is 31.1 Å². The molecule has 1 unspecified atom stereocenters. The summed E-state index contributed by atoms with van der Waals surface area (Å²) in [6.45, 7) is 0.838. The van der Waals surface area contributed by atoms with Gasteiger partial charge < -0.3 is 29.6 Å². The number of ether oxygens (including phenoxy) is 3. The molecule has 5 rings (SSSR count). The maximum Gasteiger partial charge on any atom is 0.459 e. The van der Waals surface area contributed by atoms with Crippen LogP contribution in [0.4, 0.5) is 10.2 Å². The third kappa shape index (κ3) is 5.78. The molecule has 0 spiro atoms. The quantitative estimate of drug-likeness (QED) is 0.158. The fraction of sp³-hybridized carbons (Fsp3) is 0.520. The Morgan fingerprint density at radius 1 is 1.29 bits per heavy atom. The van der Waals surface area contributed by atoms with Gasteiger partial charge >= 0.3 is 13.7 Å². The van der Waals surface area contributed by atoms with Gasteiger partial charge in [0.15, 0.2) is 17.1 Å². The first-order valence-corrected chi connectivity index (χ1v) is 14.5. The molecule has 3 heterocycles. The van der Waals surface area contributed by atoms with Crippen molar-refractivity contribution in [2.45, 2.75) is 55.7 Å². The number of anilines is 1. The monoisotopic (exact) mass is 594 g/mol. The number of rotatable bonds is 12. The van der Waals surface area contributed by atoms with Crippen LogP contribution in [0, 0.1) is 0 Å². The van der Waals surface area contributed by atoms with Gasteiger partial charge in [0.25, 0.3) is 0 Å². The van der Waals surface area contributed by atoms with Crippen LogP contribution < -0.4 is 15.3 Å². The highest BCUT2D eigenvalue weighted by atomic mass is 31.2. The van der Waals surface area contributed by atoms with Gasteiger partial charge in [-0.15, -0.1) is 0 Å². The van der Waals surface area contributed by atoms with Gasteiger partial charge in [0.1, 0.15) is 42.5 Å². The fourth-order valence-corrected chi connectivity index (χ4v) is 6.55. The van der Waals surface area contributed by atoms with Crippen LogP contribution in [0.15, 0.2) is 42.9 Å². The number of nitrogen functional groups attached to an aromatic ring is 1. The fourth-order valence-electron chi connectivity index (χ4n) is 4.80. The molecular formula is C25H32FN6O8P. The zero-order valence-corrected chi connectivity index (χ0v) is 23.4. The number of aliphatic hydroxyl groups is 1. The van der Waals surface area contributed by atoms with E-state index < -0.39 is 49.8 Å². The Balaban J connectivity index is 1.36. The number of carbonyl (C=O) groups excluding carboxylic acids is 1. The molecule has 1 saturated carbocycles. The summed E-state index contributed by atoms with van der Waals surface area (Å²) in [4.78, 5) is 20.9. The first-order valence-electron chi connectivity index (χ1n) is 13.0. The third-order valence-electron chi connectivity index (χ3n) is 7.23. The topological polar surface area (TPSA) is 182 Å². The summed E-state index contributed by atoms with van der Waals surface area (Å²) < 4.78 is 58.9. The standard InChI is InChI=1S/C25H32FN6O8P/c1-24(26)19(33)18(39-20(24)17-13-28-22-21(27)29-15-30-32(17)22)14-38-41(35,40-16-7-4-3-5-8-16)31-25(9-6-10-25)23(34)37-12-11-36-2/h3-5,7-8,13,15,18-20,33H,6,9-12,14H2,1-2H3,(H,31,35)(H2,27,29,30)/t18-,19-,20+,24-,41?/m1/s1. The molecule has 4 N–H and O–H groups in total. The van der Waals surface area contributed by atoms with Crippen molar-refractivity contribution >= 4 is 25.2 Å². The van der Waals surface area contributed by atoms with E-state index >= 15 is 4.39 Å². The Hall–Kier alpha value is -3.20. The molecule has 222 valence electrons. The number of aliphatic hydroxyl groups excluding tert-OH is 1. The van der Waals surface area contributed by atoms with E-state index in [2.05, 4.69) is 20.2 Å². The van der Waals surface area contributed by atoms with Crippen LogP contribution in [-0.2, 0) is 28.1 Å². The number of hydrogen-bond donors (Lipinski definition) is 3. The number of hydrogen-bond acceptors (Lipinski definition) is 12. The van der Waals surface area contributed by atoms with Crippen molar-refractivity contribution < 1.29 is 42.1 Å². The Kier molecular flexibility index (Phi) is 8.28. The minimum atomic E-state index is -4.32. The van der Waals surface area contributed by atoms with Crippen molar-refractivity contribution in [3.63, 3.8) is 0 Å². The lowest BCUT2D eigenvalue weighted by Gasteiger charge is -2.41. The van der Waals surface area contributed by atoms with Crippen LogP contribution in [0.2, 0.25) is 0 Å². The molecule has 0 radical (unpaired) electrons. The SMILES string of the molecule is COCCOC(=O)C1(NP(=O)(OC[C@H]2O[C@@H](c3cnc4c(N)ncnn34)[C@](C)(F)[C@@H]2O)Oc2ccccc2)CCC1. The molecule has 14 nitrogen and oxygen atoms in total. The van der Waals surface area contributed by atoms with Crippen molar-refractivity contribution in [3.05, 3.63) is 48.5 Å². The second-order valence-electron chi connectivity index (χ2n) is 10.1. The molecule has 41 heavy (non-hydrogen) atoms. The Labute approximate surface area is 234 Å². The summed E-state index contributed by atoms with van der Waals surface area (Å²) in [6.07, 6.45) is -0.440. The van der Waals surface area contributed by atoms with Gasteiger partial charge in [-0.25, -0.2) is 23.4 Å². The van der Waals surface area contributed by atoms with Crippen molar-refractivity contribution in [1.82, 2.24) is 24.7 Å². The number of fused-ring (bicyclic) bond motifs is 1. The number of nitrogens with two attached hydrogens (primary N) is 1. The lowest BCUT2D eigenvalue weighted by molar-refractivity contribution is -0.156. The number of para-hydroxylation sites is 1. The summed E-state index contributed by atoms with van der Waals surface area (Å²) in [5.41, 5.74) is 2.59. The number of imidazole rings is 1. The Bertz CT molecular complexity index is 1420. The van der Waals surface area contributed by atoms with E-state index in [1.807, 2.05) is 0 Å². The van der Waals surface area contributed by atoms with E-state index in [0.29, 0.717) is 19.3 Å². The van der Waals surface area contributed by atoms with Crippen molar-refractivity contribution in [3.8, 4) is 5.75 Å². The number of halogens is 1. The van der Waals surface area contributed by atoms with Crippen LogP contribution in [-0.4, -0.2) is 81.0 Å². The molecule has 5 atom stereocenters. The number of methoxy groups -OCH3 is 1. The zero-order chi connectivity index (χ0) is 29.3.